The number of hydrogen-bond donors (Lipinski definition) is 0. The Morgan fingerprint density at radius 2 is 0.909 bits per heavy atom. The van der Waals surface area contributed by atoms with Gasteiger partial charge < -0.3 is 4.42 Å². The van der Waals surface area contributed by atoms with Gasteiger partial charge in [0.2, 0.25) is 0 Å². The van der Waals surface area contributed by atoms with Crippen LogP contribution < -0.4 is 0 Å². The van der Waals surface area contributed by atoms with E-state index in [4.69, 9.17) is 31.7 Å². The quantitative estimate of drug-likeness (QED) is 0.166. The number of benzene rings is 9. The highest BCUT2D eigenvalue weighted by atomic mass is 16.3. The van der Waals surface area contributed by atoms with Crippen molar-refractivity contribution in [1.82, 2.24) is 15.0 Å². The third-order valence-electron chi connectivity index (χ3n) is 9.57. The number of fused-ring (bicyclic) bond motifs is 9. The van der Waals surface area contributed by atoms with Gasteiger partial charge in [0.1, 0.15) is 11.2 Å². The molecule has 0 saturated carbocycles. The molecule has 0 fully saturated rings. The molecule has 11 rings (SSSR count). The molecule has 2 heterocycles. The van der Waals surface area contributed by atoms with Crippen molar-refractivity contribution < 1.29 is 25.0 Å². The molecule has 0 aliphatic carbocycles. The lowest BCUT2D eigenvalue weighted by atomic mass is 9.92. The first-order valence-corrected chi connectivity index (χ1v) is 17.3. The van der Waals surface area contributed by atoms with Gasteiger partial charge in [0.25, 0.3) is 0 Å². The van der Waals surface area contributed by atoms with Gasteiger partial charge >= 0.3 is 0 Å². The van der Waals surface area contributed by atoms with Gasteiger partial charge in [-0.3, -0.25) is 0 Å². The van der Waals surface area contributed by atoms with Gasteiger partial charge in [0.05, 0.1) is 20.6 Å². The van der Waals surface area contributed by atoms with Crippen molar-refractivity contribution in [1.29, 1.82) is 0 Å². The molecule has 0 unspecified atom stereocenters. The molecule has 4 nitrogen and oxygen atoms in total. The maximum Gasteiger partial charge on any atom is 0.164 e. The Morgan fingerprint density at radius 3 is 1.67 bits per heavy atom. The summed E-state index contributed by atoms with van der Waals surface area (Å²) in [6.07, 6.45) is 0. The Balaban J connectivity index is 1.24. The zero-order valence-electron chi connectivity index (χ0n) is 43.5. The number of rotatable bonds is 5. The minimum absolute atomic E-state index is 0.102. The Labute approximate surface area is 338 Å². The van der Waals surface area contributed by atoms with Crippen molar-refractivity contribution in [2.24, 2.45) is 0 Å². The van der Waals surface area contributed by atoms with Crippen molar-refractivity contribution in [3.05, 3.63) is 188 Å². The molecule has 0 saturated heterocycles. The van der Waals surface area contributed by atoms with Crippen LogP contribution in [-0.4, -0.2) is 15.0 Å². The molecule has 11 aromatic rings. The van der Waals surface area contributed by atoms with E-state index in [-0.39, 0.29) is 50.0 Å². The number of hydrogen-bond acceptors (Lipinski definition) is 4. The second-order valence-electron chi connectivity index (χ2n) is 12.8. The number of nitrogens with zero attached hydrogens (tertiary/aromatic N) is 3. The lowest BCUT2D eigenvalue weighted by Gasteiger charge is -2.13. The van der Waals surface area contributed by atoms with Gasteiger partial charge in [0, 0.05) is 27.5 Å². The molecule has 9 aromatic carbocycles. The van der Waals surface area contributed by atoms with Crippen molar-refractivity contribution in [3.63, 3.8) is 0 Å². The van der Waals surface area contributed by atoms with Crippen molar-refractivity contribution in [2.75, 3.05) is 0 Å². The SMILES string of the molecule is [2H]c1c([2H])c(-c2nc(-c3ccc(-c4ccccc4)cc3)nc(-c3cccc4oc5ccccc5c34)n2)c([2H])c(-c2c([2H])c([2H])c3c4c([2H])c([2H])c([2H])c([2H])c4c4c([2H])c([2H])c([2H])c([2H])c4c3c2[2H])c1[2H]. The van der Waals surface area contributed by atoms with Gasteiger partial charge in [-0.2, -0.15) is 0 Å². The maximum absolute atomic E-state index is 9.82. The summed E-state index contributed by atoms with van der Waals surface area (Å²) in [5, 5.41) is -0.805. The Kier molecular flexibility index (Phi) is 4.49. The Bertz CT molecular complexity index is 4080. The number of furan rings is 1. The van der Waals surface area contributed by atoms with Crippen LogP contribution in [0.4, 0.5) is 0 Å². The lowest BCUT2D eigenvalue weighted by Crippen LogP contribution is -2.00. The molecule has 0 amide bonds. The van der Waals surface area contributed by atoms with Crippen LogP contribution in [0.25, 0.3) is 111 Å². The van der Waals surface area contributed by atoms with Crippen molar-refractivity contribution >= 4 is 54.3 Å². The molecule has 0 radical (unpaired) electrons. The summed E-state index contributed by atoms with van der Waals surface area (Å²) in [6.45, 7) is 0. The van der Waals surface area contributed by atoms with Crippen molar-refractivity contribution in [2.45, 2.75) is 0 Å². The van der Waals surface area contributed by atoms with Crippen LogP contribution in [0.3, 0.4) is 0 Å². The van der Waals surface area contributed by atoms with E-state index in [0.717, 1.165) is 16.5 Å². The highest BCUT2D eigenvalue weighted by Crippen LogP contribution is 2.39. The molecule has 0 N–H and O–H groups in total. The van der Waals surface area contributed by atoms with E-state index in [0.29, 0.717) is 27.7 Å². The summed E-state index contributed by atoms with van der Waals surface area (Å²) in [6, 6.07) is 19.2. The van der Waals surface area contributed by atoms with E-state index >= 15 is 0 Å². The summed E-state index contributed by atoms with van der Waals surface area (Å²) >= 11 is 0. The van der Waals surface area contributed by atoms with Crippen LogP contribution in [0.15, 0.2) is 192 Å². The van der Waals surface area contributed by atoms with Gasteiger partial charge in [-0.1, -0.05) is 163 Å². The van der Waals surface area contributed by atoms with Gasteiger partial charge in [-0.25, -0.2) is 15.0 Å². The average molecular weight is 717 g/mol. The molecule has 0 aliphatic rings. The van der Waals surface area contributed by atoms with Gasteiger partial charge in [0.15, 0.2) is 17.5 Å². The molecule has 0 atom stereocenters. The average Bonchev–Trinajstić information content (AvgIpc) is 3.76. The maximum atomic E-state index is 9.82. The molecule has 4 heteroatoms. The first kappa shape index (κ1) is 19.6. The summed E-state index contributed by atoms with van der Waals surface area (Å²) < 4.78 is 142. The summed E-state index contributed by atoms with van der Waals surface area (Å²) in [5.74, 6) is -0.0531. The monoisotopic (exact) mass is 716 g/mol. The first-order valence-electron chi connectivity index (χ1n) is 24.8. The third-order valence-corrected chi connectivity index (χ3v) is 9.57. The summed E-state index contributed by atoms with van der Waals surface area (Å²) in [5.41, 5.74) is 2.52. The molecule has 0 spiro atoms. The van der Waals surface area contributed by atoms with E-state index in [1.807, 2.05) is 78.9 Å². The Morgan fingerprint density at radius 1 is 0.345 bits per heavy atom. The van der Waals surface area contributed by atoms with Crippen LogP contribution in [-0.2, 0) is 0 Å². The minimum atomic E-state index is -0.787. The predicted molar refractivity (Wildman–Crippen MR) is 227 cm³/mol. The molecular weight excluding hydrogens is 671 g/mol. The van der Waals surface area contributed by atoms with Crippen molar-refractivity contribution in [3.8, 4) is 56.4 Å². The van der Waals surface area contributed by atoms with E-state index < -0.39 is 107 Å². The fourth-order valence-electron chi connectivity index (χ4n) is 7.00. The smallest absolute Gasteiger partial charge is 0.164 e. The molecular formula is C51H31N3O. The fourth-order valence-corrected chi connectivity index (χ4v) is 7.00. The highest BCUT2D eigenvalue weighted by molar-refractivity contribution is 6.25. The second kappa shape index (κ2) is 12.6. The molecule has 55 heavy (non-hydrogen) atoms. The van der Waals surface area contributed by atoms with Crippen LogP contribution in [0.1, 0.15) is 20.6 Å². The first-order chi connectivity index (χ1) is 33.5. The largest absolute Gasteiger partial charge is 0.456 e. The topological polar surface area (TPSA) is 51.8 Å². The van der Waals surface area contributed by atoms with E-state index in [1.54, 1.807) is 18.2 Å². The van der Waals surface area contributed by atoms with Crippen LogP contribution >= 0.6 is 0 Å². The summed E-state index contributed by atoms with van der Waals surface area (Å²) in [4.78, 5) is 14.6. The third kappa shape index (κ3) is 5.26. The normalized spacial score (nSPS) is 15.5. The molecule has 0 aliphatic heterocycles. The number of para-hydroxylation sites is 1. The standard InChI is InChI=1S/C51H31N3O/c1-2-12-32(13-3-1)33-24-26-34(27-25-33)49-52-50(54-51(53-49)44-21-11-23-47-48(44)43-20-8-9-22-46(43)55-47)37-15-10-14-35(30-37)36-28-29-42-40-18-5-4-16-38(40)39-17-6-7-19-41(39)45(42)31-36/h1-31H/i4D,5D,6D,7D,10D,14D,15D,16D,17D,18D,19D,28D,29D,30D,31D. The lowest BCUT2D eigenvalue weighted by molar-refractivity contribution is 0.669. The van der Waals surface area contributed by atoms with E-state index in [2.05, 4.69) is 0 Å². The zero-order chi connectivity index (χ0) is 49.3. The fraction of sp³-hybridized carbons (Fsp3) is 0. The molecule has 0 bridgehead atoms. The minimum Gasteiger partial charge on any atom is -0.456 e. The van der Waals surface area contributed by atoms with Crippen LogP contribution in [0, 0.1) is 0 Å². The number of aromatic nitrogens is 3. The highest BCUT2D eigenvalue weighted by Gasteiger charge is 2.18. The van der Waals surface area contributed by atoms with Crippen LogP contribution in [0.2, 0.25) is 0 Å². The van der Waals surface area contributed by atoms with E-state index in [1.165, 1.54) is 0 Å². The van der Waals surface area contributed by atoms with E-state index in [9.17, 15) is 8.22 Å². The Hall–Kier alpha value is -7.43. The second-order valence-corrected chi connectivity index (χ2v) is 12.8. The summed E-state index contributed by atoms with van der Waals surface area (Å²) in [7, 11) is 0. The van der Waals surface area contributed by atoms with Gasteiger partial charge in [-0.05, 0) is 78.8 Å². The predicted octanol–water partition coefficient (Wildman–Crippen LogP) is 13.6. The van der Waals surface area contributed by atoms with Gasteiger partial charge in [-0.15, -0.1) is 0 Å². The molecule has 2 aromatic heterocycles. The van der Waals surface area contributed by atoms with Crippen LogP contribution in [0.5, 0.6) is 0 Å². The molecule has 256 valence electrons. The zero-order valence-corrected chi connectivity index (χ0v) is 28.5.